The van der Waals surface area contributed by atoms with Crippen LogP contribution in [0.25, 0.3) is 0 Å². The SMILES string of the molecule is C=[CH][Sn]([CH]=C)([O]CCCCCC)[O]CCCCCC. The maximum atomic E-state index is 6.03. The molecule has 0 aromatic heterocycles. The molecule has 3 heteroatoms. The molecule has 0 spiro atoms. The van der Waals surface area contributed by atoms with Crippen LogP contribution < -0.4 is 0 Å². The zero-order chi connectivity index (χ0) is 14.4. The van der Waals surface area contributed by atoms with Crippen LogP contribution in [0.2, 0.25) is 0 Å². The van der Waals surface area contributed by atoms with Gasteiger partial charge in [0.15, 0.2) is 0 Å². The average Bonchev–Trinajstić information content (AvgIpc) is 2.45. The monoisotopic (exact) mass is 376 g/mol. The van der Waals surface area contributed by atoms with E-state index < -0.39 is 19.2 Å². The second-order valence-electron chi connectivity index (χ2n) is 4.95. The molecule has 0 aromatic rings. The molecule has 0 fully saturated rings. The van der Waals surface area contributed by atoms with Crippen LogP contribution in [0.4, 0.5) is 0 Å². The predicted molar refractivity (Wildman–Crippen MR) is 86.3 cm³/mol. The van der Waals surface area contributed by atoms with E-state index in [4.69, 9.17) is 6.15 Å². The van der Waals surface area contributed by atoms with Crippen molar-refractivity contribution in [2.75, 3.05) is 13.2 Å². The molecule has 0 aliphatic heterocycles. The molecule has 0 aliphatic carbocycles. The molecule has 0 radical (unpaired) electrons. The first kappa shape index (κ1) is 19.2. The van der Waals surface area contributed by atoms with Crippen molar-refractivity contribution in [1.82, 2.24) is 0 Å². The van der Waals surface area contributed by atoms with Gasteiger partial charge in [-0.25, -0.2) is 0 Å². The van der Waals surface area contributed by atoms with Crippen LogP contribution in [0.1, 0.15) is 65.2 Å². The van der Waals surface area contributed by atoms with Crippen LogP contribution in [0.5, 0.6) is 0 Å². The maximum absolute atomic E-state index is 6.03. The van der Waals surface area contributed by atoms with Crippen molar-refractivity contribution in [3.8, 4) is 0 Å². The van der Waals surface area contributed by atoms with E-state index in [1.807, 2.05) is 8.18 Å². The standard InChI is InChI=1S/2C6H13O.2C2H3.Sn/c2*1-2-3-4-5-6-7;2*1-2;/h2*2-6H2,1H3;2*1H,2H2;/q2*-1;;;+2. The molecule has 0 N–H and O–H groups in total. The minimum absolute atomic E-state index is 0.795. The molecular formula is C16H32O2Sn. The van der Waals surface area contributed by atoms with Gasteiger partial charge in [0.1, 0.15) is 0 Å². The Balaban J connectivity index is 3.90. The molecule has 0 aliphatic rings. The van der Waals surface area contributed by atoms with E-state index in [-0.39, 0.29) is 0 Å². The van der Waals surface area contributed by atoms with Crippen molar-refractivity contribution in [3.63, 3.8) is 0 Å². The van der Waals surface area contributed by atoms with Gasteiger partial charge in [0.25, 0.3) is 0 Å². The summed E-state index contributed by atoms with van der Waals surface area (Å²) < 4.78 is 15.9. The second kappa shape index (κ2) is 13.2. The minimum atomic E-state index is -3.13. The van der Waals surface area contributed by atoms with Crippen molar-refractivity contribution in [2.45, 2.75) is 65.2 Å². The topological polar surface area (TPSA) is 18.5 Å². The summed E-state index contributed by atoms with van der Waals surface area (Å²) in [7, 11) is 0. The molecule has 0 atom stereocenters. The van der Waals surface area contributed by atoms with E-state index in [0.717, 1.165) is 26.1 Å². The fraction of sp³-hybridized carbons (Fsp3) is 0.750. The molecule has 0 bridgehead atoms. The molecule has 0 rings (SSSR count). The van der Waals surface area contributed by atoms with Crippen LogP contribution in [-0.2, 0) is 6.15 Å². The van der Waals surface area contributed by atoms with Crippen molar-refractivity contribution in [1.29, 1.82) is 0 Å². The van der Waals surface area contributed by atoms with Crippen molar-refractivity contribution < 1.29 is 6.15 Å². The molecule has 19 heavy (non-hydrogen) atoms. The third-order valence-electron chi connectivity index (χ3n) is 3.22. The van der Waals surface area contributed by atoms with Gasteiger partial charge in [-0.1, -0.05) is 0 Å². The number of hydrogen-bond acceptors (Lipinski definition) is 2. The molecule has 2 nitrogen and oxygen atoms in total. The van der Waals surface area contributed by atoms with Crippen LogP contribution in [-0.4, -0.2) is 32.4 Å². The van der Waals surface area contributed by atoms with E-state index >= 15 is 0 Å². The first-order valence-electron chi connectivity index (χ1n) is 7.79. The summed E-state index contributed by atoms with van der Waals surface area (Å²) in [4.78, 5) is 0. The van der Waals surface area contributed by atoms with Crippen LogP contribution in [0.15, 0.2) is 21.3 Å². The molecule has 0 heterocycles. The first-order chi connectivity index (χ1) is 9.24. The second-order valence-corrected chi connectivity index (χ2v) is 13.0. The Labute approximate surface area is 125 Å². The van der Waals surface area contributed by atoms with Crippen molar-refractivity contribution in [2.24, 2.45) is 0 Å². The van der Waals surface area contributed by atoms with E-state index in [9.17, 15) is 0 Å². The number of rotatable bonds is 14. The number of hydrogen-bond donors (Lipinski definition) is 0. The van der Waals surface area contributed by atoms with Gasteiger partial charge >= 0.3 is 125 Å². The Kier molecular flexibility index (Phi) is 13.3. The Bertz CT molecular complexity index is 205. The summed E-state index contributed by atoms with van der Waals surface area (Å²) in [6.45, 7) is 13.8. The van der Waals surface area contributed by atoms with Gasteiger partial charge < -0.3 is 0 Å². The Hall–Kier alpha value is 0.199. The van der Waals surface area contributed by atoms with Gasteiger partial charge in [0.05, 0.1) is 0 Å². The third kappa shape index (κ3) is 9.69. The van der Waals surface area contributed by atoms with Crippen LogP contribution in [0.3, 0.4) is 0 Å². The fourth-order valence-corrected chi connectivity index (χ4v) is 6.59. The zero-order valence-corrected chi connectivity index (χ0v) is 15.8. The molecule has 112 valence electrons. The van der Waals surface area contributed by atoms with Gasteiger partial charge in [-0.3, -0.25) is 0 Å². The van der Waals surface area contributed by atoms with Crippen molar-refractivity contribution >= 4 is 19.2 Å². The molecule has 0 aromatic carbocycles. The summed E-state index contributed by atoms with van der Waals surface area (Å²) in [6.07, 6.45) is 9.79. The molecular weight excluding hydrogens is 343 g/mol. The Morgan fingerprint density at radius 1 is 0.737 bits per heavy atom. The predicted octanol–water partition coefficient (Wildman–Crippen LogP) is 5.07. The quantitative estimate of drug-likeness (QED) is 0.312. The molecule has 0 saturated heterocycles. The van der Waals surface area contributed by atoms with Gasteiger partial charge in [0.2, 0.25) is 0 Å². The molecule has 0 unspecified atom stereocenters. The van der Waals surface area contributed by atoms with Gasteiger partial charge in [-0.2, -0.15) is 0 Å². The summed E-state index contributed by atoms with van der Waals surface area (Å²) in [6, 6.07) is 0. The van der Waals surface area contributed by atoms with Crippen LogP contribution in [0, 0.1) is 0 Å². The van der Waals surface area contributed by atoms with Gasteiger partial charge in [0, 0.05) is 0 Å². The van der Waals surface area contributed by atoms with E-state index in [2.05, 4.69) is 27.0 Å². The van der Waals surface area contributed by atoms with Gasteiger partial charge in [-0.05, 0) is 0 Å². The third-order valence-corrected chi connectivity index (χ3v) is 10.2. The summed E-state index contributed by atoms with van der Waals surface area (Å²) in [5.74, 6) is 0. The van der Waals surface area contributed by atoms with Crippen molar-refractivity contribution in [3.05, 3.63) is 21.3 Å². The summed E-state index contributed by atoms with van der Waals surface area (Å²) in [5, 5.41) is 0. The number of unbranched alkanes of at least 4 members (excludes halogenated alkanes) is 6. The van der Waals surface area contributed by atoms with Crippen LogP contribution >= 0.6 is 0 Å². The molecule has 0 saturated carbocycles. The average molecular weight is 375 g/mol. The summed E-state index contributed by atoms with van der Waals surface area (Å²) in [5.41, 5.74) is 0. The fourth-order valence-electron chi connectivity index (χ4n) is 1.88. The zero-order valence-electron chi connectivity index (χ0n) is 13.0. The Morgan fingerprint density at radius 2 is 1.16 bits per heavy atom. The van der Waals surface area contributed by atoms with E-state index in [0.29, 0.717) is 0 Å². The summed E-state index contributed by atoms with van der Waals surface area (Å²) >= 11 is -3.13. The van der Waals surface area contributed by atoms with E-state index in [1.54, 1.807) is 0 Å². The van der Waals surface area contributed by atoms with E-state index in [1.165, 1.54) is 38.5 Å². The molecule has 0 amide bonds. The Morgan fingerprint density at radius 3 is 1.47 bits per heavy atom. The first-order valence-corrected chi connectivity index (χ1v) is 13.4. The normalized spacial score (nSPS) is 11.5. The van der Waals surface area contributed by atoms with Gasteiger partial charge in [-0.15, -0.1) is 0 Å².